The molecule has 2 aromatic carbocycles. The average Bonchev–Trinajstić information content (AvgIpc) is 3.43. The van der Waals surface area contributed by atoms with E-state index in [2.05, 4.69) is 21.1 Å². The first-order valence-corrected chi connectivity index (χ1v) is 14.9. The maximum Gasteiger partial charge on any atom is 0.273 e. The van der Waals surface area contributed by atoms with Crippen molar-refractivity contribution in [3.63, 3.8) is 0 Å². The van der Waals surface area contributed by atoms with Crippen LogP contribution in [0.2, 0.25) is 0 Å². The molecule has 4 aromatic rings. The third-order valence-electron chi connectivity index (χ3n) is 6.95. The van der Waals surface area contributed by atoms with Crippen molar-refractivity contribution in [2.75, 3.05) is 23.0 Å². The minimum absolute atomic E-state index is 0.0613. The summed E-state index contributed by atoms with van der Waals surface area (Å²) in [6.45, 7) is 3.95. The number of nitrogens with zero attached hydrogens (tertiary/aromatic N) is 4. The molecule has 0 bridgehead atoms. The van der Waals surface area contributed by atoms with Crippen LogP contribution in [0.4, 0.5) is 17.1 Å². The normalized spacial score (nSPS) is 16.9. The van der Waals surface area contributed by atoms with Crippen molar-refractivity contribution in [3.8, 4) is 11.4 Å². The van der Waals surface area contributed by atoms with E-state index in [1.807, 2.05) is 53.6 Å². The molecular formula is C28H28N6O5S2. The fourth-order valence-electron chi connectivity index (χ4n) is 5.28. The number of non-ortho nitro benzene ring substituents is 1. The third-order valence-corrected chi connectivity index (χ3v) is 7.87. The van der Waals surface area contributed by atoms with Crippen LogP contribution < -0.4 is 19.7 Å². The molecule has 1 aliphatic heterocycles. The van der Waals surface area contributed by atoms with Gasteiger partial charge in [0.15, 0.2) is 5.11 Å². The van der Waals surface area contributed by atoms with Gasteiger partial charge in [-0.2, -0.15) is 0 Å². The zero-order valence-corrected chi connectivity index (χ0v) is 24.4. The zero-order chi connectivity index (χ0) is 29.5. The third kappa shape index (κ3) is 5.45. The van der Waals surface area contributed by atoms with E-state index in [1.54, 1.807) is 24.4 Å². The summed E-state index contributed by atoms with van der Waals surface area (Å²) in [4.78, 5) is 17.5. The number of nitro benzene ring substituents is 1. The minimum Gasteiger partial charge on any atom is -0.494 e. The summed E-state index contributed by atoms with van der Waals surface area (Å²) in [5, 5.41) is 15.3. The van der Waals surface area contributed by atoms with Gasteiger partial charge in [-0.3, -0.25) is 19.8 Å². The van der Waals surface area contributed by atoms with Crippen molar-refractivity contribution in [1.82, 2.24) is 14.9 Å². The number of aryl methyl sites for hydroxylation is 1. The van der Waals surface area contributed by atoms with Gasteiger partial charge in [-0.05, 0) is 80.2 Å². The second kappa shape index (κ2) is 10.8. The molecule has 13 heteroatoms. The van der Waals surface area contributed by atoms with E-state index in [-0.39, 0.29) is 17.8 Å². The molecule has 0 amide bonds. The number of benzene rings is 2. The summed E-state index contributed by atoms with van der Waals surface area (Å²) in [7, 11) is -1.94. The number of methoxy groups -OCH3 is 1. The molecule has 0 unspecified atom stereocenters. The van der Waals surface area contributed by atoms with Gasteiger partial charge in [-0.15, -0.1) is 0 Å². The van der Waals surface area contributed by atoms with Crippen LogP contribution >= 0.6 is 12.2 Å². The standard InChI is InChI=1S/C28H28N6O5S2/c1-17-15-22(18(2)32(17)24-13-12-21(34(35)36)16-25(24)39-3)27-26(23-7-5-6-14-29-23)30-28(40)33(27)20-10-8-19(9-11-20)31-41(4,37)38/h5-16,26-27,31H,1-4H3,(H,30,40)/t26-,27+/m1/s1. The molecule has 2 N–H and O–H groups in total. The molecule has 1 fully saturated rings. The van der Waals surface area contributed by atoms with Crippen molar-refractivity contribution in [3.05, 3.63) is 106 Å². The number of anilines is 2. The summed E-state index contributed by atoms with van der Waals surface area (Å²) in [6, 6.07) is 18.7. The molecule has 5 rings (SSSR count). The Morgan fingerprint density at radius 1 is 1.10 bits per heavy atom. The number of nitro groups is 1. The number of hydrogen-bond acceptors (Lipinski definition) is 7. The number of hydrogen-bond donors (Lipinski definition) is 2. The maximum atomic E-state index is 11.7. The van der Waals surface area contributed by atoms with Gasteiger partial charge >= 0.3 is 0 Å². The van der Waals surface area contributed by atoms with Gasteiger partial charge in [0, 0.05) is 35.0 Å². The topological polar surface area (TPSA) is 132 Å². The fraction of sp³-hybridized carbons (Fsp3) is 0.214. The lowest BCUT2D eigenvalue weighted by Gasteiger charge is -2.28. The van der Waals surface area contributed by atoms with Crippen molar-refractivity contribution in [1.29, 1.82) is 0 Å². The Balaban J connectivity index is 1.64. The van der Waals surface area contributed by atoms with Gasteiger partial charge in [0.25, 0.3) is 5.69 Å². The van der Waals surface area contributed by atoms with E-state index >= 15 is 0 Å². The van der Waals surface area contributed by atoms with E-state index < -0.39 is 14.9 Å². The number of pyridine rings is 1. The highest BCUT2D eigenvalue weighted by molar-refractivity contribution is 7.92. The number of nitrogens with one attached hydrogen (secondary N) is 2. The van der Waals surface area contributed by atoms with Gasteiger partial charge in [0.2, 0.25) is 10.0 Å². The number of aromatic nitrogens is 2. The van der Waals surface area contributed by atoms with E-state index in [0.29, 0.717) is 22.2 Å². The van der Waals surface area contributed by atoms with E-state index in [9.17, 15) is 18.5 Å². The van der Waals surface area contributed by atoms with E-state index in [0.717, 1.165) is 34.6 Å². The summed E-state index contributed by atoms with van der Waals surface area (Å²) < 4.78 is 33.5. The average molecular weight is 593 g/mol. The number of ether oxygens (including phenoxy) is 1. The first kappa shape index (κ1) is 28.1. The molecule has 1 saturated heterocycles. The predicted octanol–water partition coefficient (Wildman–Crippen LogP) is 4.95. The second-order valence-corrected chi connectivity index (χ2v) is 11.8. The molecule has 11 nitrogen and oxygen atoms in total. The first-order chi connectivity index (χ1) is 19.5. The first-order valence-electron chi connectivity index (χ1n) is 12.6. The summed E-state index contributed by atoms with van der Waals surface area (Å²) >= 11 is 5.84. The molecule has 0 saturated carbocycles. The van der Waals surface area contributed by atoms with Crippen molar-refractivity contribution >= 4 is 44.4 Å². The van der Waals surface area contributed by atoms with Gasteiger partial charge in [-0.1, -0.05) is 6.07 Å². The highest BCUT2D eigenvalue weighted by atomic mass is 32.2. The molecule has 3 heterocycles. The van der Waals surface area contributed by atoms with Gasteiger partial charge in [0.1, 0.15) is 5.75 Å². The lowest BCUT2D eigenvalue weighted by Crippen LogP contribution is -2.29. The Morgan fingerprint density at radius 2 is 1.83 bits per heavy atom. The van der Waals surface area contributed by atoms with Crippen LogP contribution in [0.1, 0.15) is 34.7 Å². The Hall–Kier alpha value is -4.49. The zero-order valence-electron chi connectivity index (χ0n) is 22.7. The van der Waals surface area contributed by atoms with Crippen molar-refractivity contribution in [2.24, 2.45) is 0 Å². The highest BCUT2D eigenvalue weighted by Gasteiger charge is 2.42. The van der Waals surface area contributed by atoms with E-state index in [4.69, 9.17) is 17.0 Å². The molecule has 2 aromatic heterocycles. The molecular weight excluding hydrogens is 564 g/mol. The maximum absolute atomic E-state index is 11.7. The Labute approximate surface area is 243 Å². The number of thiocarbonyl (C=S) groups is 1. The fourth-order valence-corrected chi connectivity index (χ4v) is 6.19. The smallest absolute Gasteiger partial charge is 0.273 e. The summed E-state index contributed by atoms with van der Waals surface area (Å²) in [5.74, 6) is 0.375. The number of rotatable bonds is 8. The molecule has 0 aliphatic carbocycles. The van der Waals surface area contributed by atoms with Gasteiger partial charge in [0.05, 0.1) is 47.8 Å². The van der Waals surface area contributed by atoms with Crippen LogP contribution in [0.3, 0.4) is 0 Å². The molecule has 0 radical (unpaired) electrons. The Morgan fingerprint density at radius 3 is 2.44 bits per heavy atom. The molecule has 41 heavy (non-hydrogen) atoms. The van der Waals surface area contributed by atoms with Crippen LogP contribution in [-0.4, -0.2) is 41.4 Å². The largest absolute Gasteiger partial charge is 0.494 e. The molecule has 212 valence electrons. The number of sulfonamides is 1. The summed E-state index contributed by atoms with van der Waals surface area (Å²) in [6.07, 6.45) is 2.83. The van der Waals surface area contributed by atoms with Gasteiger partial charge < -0.3 is 19.5 Å². The SMILES string of the molecule is COc1cc([N+](=O)[O-])ccc1-n1c(C)cc([C@H]2[C@@H](c3ccccn3)NC(=S)N2c2ccc(NS(C)(=O)=O)cc2)c1C. The van der Waals surface area contributed by atoms with Crippen LogP contribution in [-0.2, 0) is 10.0 Å². The van der Waals surface area contributed by atoms with Crippen LogP contribution in [0.25, 0.3) is 5.69 Å². The van der Waals surface area contributed by atoms with Crippen molar-refractivity contribution in [2.45, 2.75) is 25.9 Å². The van der Waals surface area contributed by atoms with Crippen LogP contribution in [0.5, 0.6) is 5.75 Å². The Kier molecular flexibility index (Phi) is 7.41. The lowest BCUT2D eigenvalue weighted by molar-refractivity contribution is -0.384. The second-order valence-electron chi connectivity index (χ2n) is 9.69. The Bertz CT molecular complexity index is 1740. The predicted molar refractivity (Wildman–Crippen MR) is 161 cm³/mol. The summed E-state index contributed by atoms with van der Waals surface area (Å²) in [5.41, 5.74) is 5.37. The quantitative estimate of drug-likeness (QED) is 0.166. The molecule has 2 atom stereocenters. The van der Waals surface area contributed by atoms with Crippen LogP contribution in [0.15, 0.2) is 72.9 Å². The monoisotopic (exact) mass is 592 g/mol. The lowest BCUT2D eigenvalue weighted by atomic mass is 9.96. The molecule has 0 spiro atoms. The van der Waals surface area contributed by atoms with Crippen LogP contribution in [0, 0.1) is 24.0 Å². The molecule has 1 aliphatic rings. The van der Waals surface area contributed by atoms with Crippen molar-refractivity contribution < 1.29 is 18.1 Å². The van der Waals surface area contributed by atoms with Gasteiger partial charge in [-0.25, -0.2) is 8.42 Å². The highest BCUT2D eigenvalue weighted by Crippen LogP contribution is 2.44. The minimum atomic E-state index is -3.43. The van der Waals surface area contributed by atoms with E-state index in [1.165, 1.54) is 19.2 Å².